The minimum absolute atomic E-state index is 0.744. The molecule has 2 nitrogen and oxygen atoms in total. The van der Waals surface area contributed by atoms with E-state index in [-0.39, 0.29) is 0 Å². The van der Waals surface area contributed by atoms with Crippen LogP contribution in [0.2, 0.25) is 10.0 Å². The van der Waals surface area contributed by atoms with E-state index in [0.717, 1.165) is 40.9 Å². The van der Waals surface area contributed by atoms with Crippen LogP contribution in [0.5, 0.6) is 0 Å². The lowest BCUT2D eigenvalue weighted by Crippen LogP contribution is -2.21. The largest absolute Gasteiger partial charge is 0.384 e. The molecular formula is C15H16Cl2N2. The molecule has 0 spiro atoms. The van der Waals surface area contributed by atoms with Crippen LogP contribution in [0.4, 0.5) is 5.69 Å². The van der Waals surface area contributed by atoms with Crippen molar-refractivity contribution in [2.75, 3.05) is 18.4 Å². The van der Waals surface area contributed by atoms with Gasteiger partial charge in [-0.1, -0.05) is 47.5 Å². The molecule has 0 heterocycles. The van der Waals surface area contributed by atoms with E-state index in [2.05, 4.69) is 10.6 Å². The van der Waals surface area contributed by atoms with Gasteiger partial charge in [0.2, 0.25) is 0 Å². The van der Waals surface area contributed by atoms with Gasteiger partial charge in [0.25, 0.3) is 0 Å². The first kappa shape index (κ1) is 14.2. The van der Waals surface area contributed by atoms with Gasteiger partial charge in [0, 0.05) is 35.4 Å². The highest BCUT2D eigenvalue weighted by Gasteiger charge is 1.97. The average Bonchev–Trinajstić information content (AvgIpc) is 2.40. The zero-order valence-corrected chi connectivity index (χ0v) is 12.0. The van der Waals surface area contributed by atoms with Gasteiger partial charge in [0.15, 0.2) is 0 Å². The van der Waals surface area contributed by atoms with Gasteiger partial charge < -0.3 is 10.6 Å². The summed E-state index contributed by atoms with van der Waals surface area (Å²) in [6.07, 6.45) is 0. The topological polar surface area (TPSA) is 24.1 Å². The summed E-state index contributed by atoms with van der Waals surface area (Å²) in [6, 6.07) is 15.6. The predicted octanol–water partition coefficient (Wildman–Crippen LogP) is 4.20. The van der Waals surface area contributed by atoms with Gasteiger partial charge in [0.05, 0.1) is 0 Å². The maximum Gasteiger partial charge on any atom is 0.0450 e. The fraction of sp³-hybridized carbons (Fsp3) is 0.200. The zero-order valence-electron chi connectivity index (χ0n) is 10.5. The summed E-state index contributed by atoms with van der Waals surface area (Å²) in [6.45, 7) is 2.47. The summed E-state index contributed by atoms with van der Waals surface area (Å²) in [5.74, 6) is 0. The Hall–Kier alpha value is -1.22. The van der Waals surface area contributed by atoms with Crippen molar-refractivity contribution in [2.24, 2.45) is 0 Å². The molecule has 0 atom stereocenters. The van der Waals surface area contributed by atoms with Crippen LogP contribution in [0.15, 0.2) is 48.5 Å². The van der Waals surface area contributed by atoms with Gasteiger partial charge >= 0.3 is 0 Å². The van der Waals surface area contributed by atoms with Crippen molar-refractivity contribution in [3.63, 3.8) is 0 Å². The molecule has 100 valence electrons. The molecule has 2 aromatic rings. The second-order valence-corrected chi connectivity index (χ2v) is 5.05. The molecule has 0 aliphatic carbocycles. The van der Waals surface area contributed by atoms with Crippen LogP contribution in [0, 0.1) is 0 Å². The Morgan fingerprint density at radius 1 is 0.895 bits per heavy atom. The standard InChI is InChI=1S/C15H16Cl2N2/c16-13-5-3-6-14(10-13)19-9-8-18-11-12-4-1-2-7-15(12)17/h1-7,10,18-19H,8-9,11H2. The molecule has 19 heavy (non-hydrogen) atoms. The first-order valence-corrected chi connectivity index (χ1v) is 6.95. The number of hydrogen-bond donors (Lipinski definition) is 2. The van der Waals surface area contributed by atoms with Gasteiger partial charge in [-0.15, -0.1) is 0 Å². The normalized spacial score (nSPS) is 10.4. The van der Waals surface area contributed by atoms with E-state index in [1.54, 1.807) is 0 Å². The summed E-state index contributed by atoms with van der Waals surface area (Å²) < 4.78 is 0. The number of nitrogens with one attached hydrogen (secondary N) is 2. The molecule has 0 radical (unpaired) electrons. The van der Waals surface area contributed by atoms with Gasteiger partial charge in [-0.2, -0.15) is 0 Å². The number of benzene rings is 2. The van der Waals surface area contributed by atoms with Crippen LogP contribution in [0.25, 0.3) is 0 Å². The lowest BCUT2D eigenvalue weighted by molar-refractivity contribution is 0.707. The van der Waals surface area contributed by atoms with Gasteiger partial charge in [-0.25, -0.2) is 0 Å². The number of rotatable bonds is 6. The maximum atomic E-state index is 6.08. The van der Waals surface area contributed by atoms with Crippen LogP contribution in [-0.2, 0) is 6.54 Å². The third-order valence-corrected chi connectivity index (χ3v) is 3.33. The molecule has 0 fully saturated rings. The Bertz CT molecular complexity index is 529. The second kappa shape index (κ2) is 7.39. The molecule has 0 aromatic heterocycles. The predicted molar refractivity (Wildman–Crippen MR) is 83.1 cm³/mol. The van der Waals surface area contributed by atoms with Crippen molar-refractivity contribution >= 4 is 28.9 Å². The van der Waals surface area contributed by atoms with E-state index in [9.17, 15) is 0 Å². The van der Waals surface area contributed by atoms with Crippen molar-refractivity contribution in [3.8, 4) is 0 Å². The summed E-state index contributed by atoms with van der Waals surface area (Å²) in [4.78, 5) is 0. The van der Waals surface area contributed by atoms with E-state index in [1.807, 2.05) is 48.5 Å². The van der Waals surface area contributed by atoms with Crippen molar-refractivity contribution in [1.82, 2.24) is 5.32 Å². The molecule has 0 saturated heterocycles. The molecule has 2 N–H and O–H groups in total. The van der Waals surface area contributed by atoms with Gasteiger partial charge in [0.1, 0.15) is 0 Å². The van der Waals surface area contributed by atoms with E-state index >= 15 is 0 Å². The van der Waals surface area contributed by atoms with Crippen LogP contribution in [-0.4, -0.2) is 13.1 Å². The summed E-state index contributed by atoms with van der Waals surface area (Å²) in [7, 11) is 0. The second-order valence-electron chi connectivity index (χ2n) is 4.21. The summed E-state index contributed by atoms with van der Waals surface area (Å²) in [5.41, 5.74) is 2.15. The first-order chi connectivity index (χ1) is 9.25. The monoisotopic (exact) mass is 294 g/mol. The minimum Gasteiger partial charge on any atom is -0.384 e. The Morgan fingerprint density at radius 2 is 1.74 bits per heavy atom. The highest BCUT2D eigenvalue weighted by atomic mass is 35.5. The Morgan fingerprint density at radius 3 is 2.53 bits per heavy atom. The van der Waals surface area contributed by atoms with E-state index in [4.69, 9.17) is 23.2 Å². The highest BCUT2D eigenvalue weighted by Crippen LogP contribution is 2.15. The summed E-state index contributed by atoms with van der Waals surface area (Å²) in [5, 5.41) is 8.20. The smallest absolute Gasteiger partial charge is 0.0450 e. The zero-order chi connectivity index (χ0) is 13.5. The molecule has 0 bridgehead atoms. The fourth-order valence-electron chi connectivity index (χ4n) is 1.76. The quantitative estimate of drug-likeness (QED) is 0.781. The van der Waals surface area contributed by atoms with Gasteiger partial charge in [-0.05, 0) is 29.8 Å². The van der Waals surface area contributed by atoms with Gasteiger partial charge in [-0.3, -0.25) is 0 Å². The van der Waals surface area contributed by atoms with E-state index < -0.39 is 0 Å². The molecule has 0 unspecified atom stereocenters. The molecule has 2 rings (SSSR count). The number of anilines is 1. The molecular weight excluding hydrogens is 279 g/mol. The number of halogens is 2. The third-order valence-electron chi connectivity index (χ3n) is 2.73. The minimum atomic E-state index is 0.744. The average molecular weight is 295 g/mol. The third kappa shape index (κ3) is 4.75. The Labute approximate surface area is 123 Å². The molecule has 0 aliphatic rings. The molecule has 4 heteroatoms. The van der Waals surface area contributed by atoms with E-state index in [1.165, 1.54) is 0 Å². The van der Waals surface area contributed by atoms with Crippen molar-refractivity contribution in [2.45, 2.75) is 6.54 Å². The highest BCUT2D eigenvalue weighted by molar-refractivity contribution is 6.31. The van der Waals surface area contributed by atoms with Crippen LogP contribution in [0.1, 0.15) is 5.56 Å². The van der Waals surface area contributed by atoms with Crippen LogP contribution < -0.4 is 10.6 Å². The molecule has 0 aliphatic heterocycles. The van der Waals surface area contributed by atoms with E-state index in [0.29, 0.717) is 0 Å². The summed E-state index contributed by atoms with van der Waals surface area (Å²) >= 11 is 12.0. The maximum absolute atomic E-state index is 6.08. The van der Waals surface area contributed by atoms with Crippen LogP contribution in [0.3, 0.4) is 0 Å². The van der Waals surface area contributed by atoms with Crippen molar-refractivity contribution in [3.05, 3.63) is 64.1 Å². The lowest BCUT2D eigenvalue weighted by atomic mass is 10.2. The SMILES string of the molecule is Clc1cccc(NCCNCc2ccccc2Cl)c1. The number of hydrogen-bond acceptors (Lipinski definition) is 2. The Balaban J connectivity index is 1.69. The molecule has 0 amide bonds. The molecule has 0 saturated carbocycles. The lowest BCUT2D eigenvalue weighted by Gasteiger charge is -2.09. The van der Waals surface area contributed by atoms with Crippen LogP contribution >= 0.6 is 23.2 Å². The fourth-order valence-corrected chi connectivity index (χ4v) is 2.15. The first-order valence-electron chi connectivity index (χ1n) is 6.19. The molecule has 2 aromatic carbocycles. The Kier molecular flexibility index (Phi) is 5.52. The van der Waals surface area contributed by atoms with Crippen molar-refractivity contribution < 1.29 is 0 Å². The van der Waals surface area contributed by atoms with Crippen molar-refractivity contribution in [1.29, 1.82) is 0 Å².